The molecule has 35 heavy (non-hydrogen) atoms. The first-order valence-electron chi connectivity index (χ1n) is 10.3. The van der Waals surface area contributed by atoms with Crippen molar-refractivity contribution in [2.75, 3.05) is 7.11 Å². The van der Waals surface area contributed by atoms with Crippen LogP contribution in [0.5, 0.6) is 17.2 Å². The van der Waals surface area contributed by atoms with Crippen molar-refractivity contribution in [1.82, 2.24) is 10.3 Å². The Morgan fingerprint density at radius 1 is 1.09 bits per heavy atom. The first-order chi connectivity index (χ1) is 16.7. The van der Waals surface area contributed by atoms with Crippen LogP contribution in [0.4, 0.5) is 10.5 Å². The van der Waals surface area contributed by atoms with Crippen LogP contribution >= 0.6 is 11.6 Å². The number of para-hydroxylation sites is 1. The molecule has 1 N–H and O–H groups in total. The van der Waals surface area contributed by atoms with Gasteiger partial charge in [-0.2, -0.15) is 5.10 Å². The number of urea groups is 1. The van der Waals surface area contributed by atoms with Crippen molar-refractivity contribution in [1.29, 1.82) is 0 Å². The number of carbonyl (C=O) groups excluding carboxylic acids is 2. The average molecular weight is 495 g/mol. The Balaban J connectivity index is 1.57. The van der Waals surface area contributed by atoms with Crippen LogP contribution in [0, 0.1) is 10.1 Å². The van der Waals surface area contributed by atoms with Gasteiger partial charge in [0.25, 0.3) is 5.91 Å². The number of ether oxygens (including phenoxy) is 2. The van der Waals surface area contributed by atoms with Gasteiger partial charge in [0, 0.05) is 11.6 Å². The quantitative estimate of drug-likeness (QED) is 0.217. The third-order valence-electron chi connectivity index (χ3n) is 5.40. The summed E-state index contributed by atoms with van der Waals surface area (Å²) in [6.45, 7) is 1.57. The first-order valence-corrected chi connectivity index (χ1v) is 10.7. The van der Waals surface area contributed by atoms with Gasteiger partial charge >= 0.3 is 11.7 Å². The molecule has 11 heteroatoms. The van der Waals surface area contributed by atoms with E-state index in [1.807, 2.05) is 0 Å². The zero-order chi connectivity index (χ0) is 25.2. The zero-order valence-electron chi connectivity index (χ0n) is 18.6. The number of hydrazone groups is 1. The van der Waals surface area contributed by atoms with Gasteiger partial charge in [0.1, 0.15) is 17.0 Å². The first kappa shape index (κ1) is 23.7. The zero-order valence-corrected chi connectivity index (χ0v) is 19.4. The van der Waals surface area contributed by atoms with E-state index in [1.54, 1.807) is 55.5 Å². The number of nitrogens with one attached hydrogen (secondary N) is 1. The lowest BCUT2D eigenvalue weighted by molar-refractivity contribution is -0.385. The summed E-state index contributed by atoms with van der Waals surface area (Å²) >= 11 is 6.07. The van der Waals surface area contributed by atoms with Gasteiger partial charge in [0.2, 0.25) is 5.75 Å². The molecule has 3 amide bonds. The molecule has 178 valence electrons. The van der Waals surface area contributed by atoms with Crippen LogP contribution in [0.1, 0.15) is 18.1 Å². The molecule has 4 rings (SSSR count). The van der Waals surface area contributed by atoms with Crippen LogP contribution < -0.4 is 14.8 Å². The van der Waals surface area contributed by atoms with E-state index >= 15 is 0 Å². The Hall–Kier alpha value is -4.44. The highest BCUT2D eigenvalue weighted by molar-refractivity contribution is 6.32. The van der Waals surface area contributed by atoms with E-state index < -0.39 is 22.4 Å². The van der Waals surface area contributed by atoms with Crippen LogP contribution in [-0.4, -0.2) is 35.2 Å². The van der Waals surface area contributed by atoms with E-state index in [9.17, 15) is 19.7 Å². The highest BCUT2D eigenvalue weighted by Gasteiger charge is 2.49. The van der Waals surface area contributed by atoms with Crippen molar-refractivity contribution in [2.45, 2.75) is 12.5 Å². The maximum Gasteiger partial charge on any atom is 0.346 e. The summed E-state index contributed by atoms with van der Waals surface area (Å²) in [5.74, 6) is 0.239. The second kappa shape index (κ2) is 9.43. The molecule has 0 bridgehead atoms. The molecule has 3 aromatic carbocycles. The van der Waals surface area contributed by atoms with Crippen molar-refractivity contribution in [3.8, 4) is 17.2 Å². The number of nitro groups is 1. The van der Waals surface area contributed by atoms with E-state index in [0.29, 0.717) is 21.3 Å². The smallest absolute Gasteiger partial charge is 0.346 e. The standard InChI is InChI=1S/C24H19ClN4O6/c1-24(16-8-10-17(34-2)11-9-16)22(30)28(23(31)27-24)26-14-15-7-12-21(19(13-15)29(32)33)35-20-6-4-3-5-18(20)25/h3-14H,1-2H3,(H,27,31)/b26-14+. The Labute approximate surface area is 204 Å². The lowest BCUT2D eigenvalue weighted by Crippen LogP contribution is -2.40. The van der Waals surface area contributed by atoms with Gasteiger partial charge in [-0.3, -0.25) is 14.9 Å². The molecule has 0 saturated carbocycles. The van der Waals surface area contributed by atoms with Gasteiger partial charge in [-0.15, -0.1) is 5.01 Å². The predicted molar refractivity (Wildman–Crippen MR) is 128 cm³/mol. The fourth-order valence-electron chi connectivity index (χ4n) is 3.46. The molecule has 0 spiro atoms. The van der Waals surface area contributed by atoms with Crippen molar-refractivity contribution in [2.24, 2.45) is 5.10 Å². The topological polar surface area (TPSA) is 123 Å². The van der Waals surface area contributed by atoms with Crippen molar-refractivity contribution in [3.05, 3.63) is 93.0 Å². The summed E-state index contributed by atoms with van der Waals surface area (Å²) < 4.78 is 10.7. The average Bonchev–Trinajstić information content (AvgIpc) is 3.08. The molecule has 10 nitrogen and oxygen atoms in total. The van der Waals surface area contributed by atoms with Gasteiger partial charge in [-0.25, -0.2) is 4.79 Å². The number of nitrogens with zero attached hydrogens (tertiary/aromatic N) is 3. The number of benzene rings is 3. The second-order valence-corrected chi connectivity index (χ2v) is 8.07. The normalized spacial score (nSPS) is 17.5. The molecular formula is C24H19ClN4O6. The lowest BCUT2D eigenvalue weighted by atomic mass is 9.92. The molecule has 1 aliphatic rings. The van der Waals surface area contributed by atoms with Crippen LogP contribution in [-0.2, 0) is 10.3 Å². The molecule has 1 saturated heterocycles. The highest BCUT2D eigenvalue weighted by atomic mass is 35.5. The Morgan fingerprint density at radius 3 is 2.46 bits per heavy atom. The summed E-state index contributed by atoms with van der Waals surface area (Å²) in [6, 6.07) is 16.7. The molecule has 1 unspecified atom stereocenters. The maximum absolute atomic E-state index is 13.0. The monoisotopic (exact) mass is 494 g/mol. The Bertz CT molecular complexity index is 1340. The number of methoxy groups -OCH3 is 1. The fourth-order valence-corrected chi connectivity index (χ4v) is 3.64. The summed E-state index contributed by atoms with van der Waals surface area (Å²) in [5.41, 5.74) is -0.846. The summed E-state index contributed by atoms with van der Waals surface area (Å²) in [7, 11) is 1.52. The number of hydrogen-bond donors (Lipinski definition) is 1. The van der Waals surface area contributed by atoms with Gasteiger partial charge < -0.3 is 14.8 Å². The minimum Gasteiger partial charge on any atom is -0.497 e. The molecule has 1 fully saturated rings. The maximum atomic E-state index is 13.0. The van der Waals surface area contributed by atoms with Gasteiger partial charge in [0.05, 0.1) is 23.3 Å². The molecule has 1 atom stereocenters. The number of rotatable bonds is 7. The number of imide groups is 1. The Morgan fingerprint density at radius 2 is 1.80 bits per heavy atom. The second-order valence-electron chi connectivity index (χ2n) is 7.66. The van der Waals surface area contributed by atoms with Gasteiger partial charge in [0.15, 0.2) is 0 Å². The number of halogens is 1. The van der Waals surface area contributed by atoms with Gasteiger partial charge in [-0.05, 0) is 48.9 Å². The highest BCUT2D eigenvalue weighted by Crippen LogP contribution is 2.35. The van der Waals surface area contributed by atoms with Crippen LogP contribution in [0.2, 0.25) is 5.02 Å². The van der Waals surface area contributed by atoms with Crippen molar-refractivity contribution in [3.63, 3.8) is 0 Å². The van der Waals surface area contributed by atoms with E-state index in [1.165, 1.54) is 31.5 Å². The van der Waals surface area contributed by atoms with E-state index in [4.69, 9.17) is 21.1 Å². The largest absolute Gasteiger partial charge is 0.497 e. The van der Waals surface area contributed by atoms with E-state index in [0.717, 1.165) is 0 Å². The van der Waals surface area contributed by atoms with Crippen molar-refractivity contribution < 1.29 is 24.0 Å². The van der Waals surface area contributed by atoms with Crippen LogP contribution in [0.15, 0.2) is 71.8 Å². The molecule has 0 radical (unpaired) electrons. The predicted octanol–water partition coefficient (Wildman–Crippen LogP) is 4.85. The van der Waals surface area contributed by atoms with Crippen LogP contribution in [0.25, 0.3) is 0 Å². The third-order valence-corrected chi connectivity index (χ3v) is 5.71. The van der Waals surface area contributed by atoms with Crippen molar-refractivity contribution >= 4 is 35.4 Å². The van der Waals surface area contributed by atoms with E-state index in [2.05, 4.69) is 10.4 Å². The third kappa shape index (κ3) is 4.64. The number of hydrogen-bond acceptors (Lipinski definition) is 7. The lowest BCUT2D eigenvalue weighted by Gasteiger charge is -2.21. The molecule has 3 aromatic rings. The molecule has 1 aliphatic heterocycles. The fraction of sp³-hybridized carbons (Fsp3) is 0.125. The molecule has 0 aromatic heterocycles. The Kier molecular flexibility index (Phi) is 6.39. The minimum atomic E-state index is -1.33. The summed E-state index contributed by atoms with van der Waals surface area (Å²) in [6.07, 6.45) is 1.18. The molecule has 0 aliphatic carbocycles. The summed E-state index contributed by atoms with van der Waals surface area (Å²) in [5, 5.41) is 19.2. The summed E-state index contributed by atoms with van der Waals surface area (Å²) in [4.78, 5) is 36.5. The molecule has 1 heterocycles. The molecular weight excluding hydrogens is 476 g/mol. The SMILES string of the molecule is COc1ccc(C2(C)NC(=O)N(/N=C/c3ccc(Oc4ccccc4Cl)c([N+](=O)[O-])c3)C2=O)cc1. The number of amides is 3. The number of carbonyl (C=O) groups is 2. The van der Waals surface area contributed by atoms with Crippen LogP contribution in [0.3, 0.4) is 0 Å². The number of nitro benzene ring substituents is 1. The van der Waals surface area contributed by atoms with E-state index in [-0.39, 0.29) is 22.7 Å². The minimum absolute atomic E-state index is 0.0256. The van der Waals surface area contributed by atoms with Gasteiger partial charge in [-0.1, -0.05) is 35.9 Å².